The number of rotatable bonds is 4. The van der Waals surface area contributed by atoms with Crippen molar-refractivity contribution in [2.24, 2.45) is 0 Å². The van der Waals surface area contributed by atoms with E-state index in [-0.39, 0.29) is 6.79 Å². The fourth-order valence-electron chi connectivity index (χ4n) is 0.207. The Balaban J connectivity index is 0. The molecule has 0 amide bonds. The van der Waals surface area contributed by atoms with Crippen LogP contribution in [0.2, 0.25) is 0 Å². The summed E-state index contributed by atoms with van der Waals surface area (Å²) in [5, 5.41) is 8.02. The first-order chi connectivity index (χ1) is 4.41. The van der Waals surface area contributed by atoms with E-state index in [0.29, 0.717) is 13.2 Å². The Labute approximate surface area is 54.4 Å². The maximum Gasteiger partial charge on any atom is 0.143 e. The largest absolute Gasteiger partial charge is 0.382 e. The highest BCUT2D eigenvalue weighted by Crippen LogP contribution is 1.69. The van der Waals surface area contributed by atoms with E-state index < -0.39 is 0 Å². The maximum absolute atomic E-state index is 8.02. The molecule has 0 saturated carbocycles. The normalized spacial score (nSPS) is 7.78. The molecule has 0 radical (unpaired) electrons. The Morgan fingerprint density at radius 3 is 2.33 bits per heavy atom. The van der Waals surface area contributed by atoms with Crippen LogP contribution in [0, 0.1) is 0 Å². The minimum atomic E-state index is -0.219. The predicted octanol–water partition coefficient (Wildman–Crippen LogP) is -0.586. The third-order valence-corrected chi connectivity index (χ3v) is 0.523. The van der Waals surface area contributed by atoms with Gasteiger partial charge in [-0.05, 0) is 0 Å². The lowest BCUT2D eigenvalue weighted by Crippen LogP contribution is -2.01. The molecule has 0 bridgehead atoms. The smallest absolute Gasteiger partial charge is 0.143 e. The Hall–Kier alpha value is -0.450. The van der Waals surface area contributed by atoms with Crippen LogP contribution in [0.5, 0.6) is 0 Å². The van der Waals surface area contributed by atoms with Gasteiger partial charge in [-0.2, -0.15) is 0 Å². The van der Waals surface area contributed by atoms with Crippen molar-refractivity contribution >= 4 is 6.79 Å². The van der Waals surface area contributed by atoms with Crippen molar-refractivity contribution in [3.63, 3.8) is 0 Å². The highest BCUT2D eigenvalue weighted by Gasteiger charge is 1.78. The fourth-order valence-corrected chi connectivity index (χ4v) is 0.207. The Kier molecular flexibility index (Phi) is 19.7. The van der Waals surface area contributed by atoms with Gasteiger partial charge in [-0.3, -0.25) is 0 Å². The molecular formula is C5H12O4. The van der Waals surface area contributed by atoms with Crippen LogP contribution < -0.4 is 0 Å². The molecule has 56 valence electrons. The SMILES string of the molecule is C=O.COCCOCO. The quantitative estimate of drug-likeness (QED) is 0.414. The summed E-state index contributed by atoms with van der Waals surface area (Å²) in [6.45, 7) is 2.79. The van der Waals surface area contributed by atoms with Gasteiger partial charge in [0.15, 0.2) is 0 Å². The summed E-state index contributed by atoms with van der Waals surface area (Å²) in [6, 6.07) is 0. The second-order valence-electron chi connectivity index (χ2n) is 1.03. The van der Waals surface area contributed by atoms with Gasteiger partial charge in [0, 0.05) is 7.11 Å². The number of carbonyl (C=O) groups is 1. The third kappa shape index (κ3) is 18.5. The first-order valence-corrected chi connectivity index (χ1v) is 2.38. The van der Waals surface area contributed by atoms with Crippen molar-refractivity contribution in [2.75, 3.05) is 27.1 Å². The first-order valence-electron chi connectivity index (χ1n) is 2.38. The summed E-state index contributed by atoms with van der Waals surface area (Å²) in [6.07, 6.45) is 0. The van der Waals surface area contributed by atoms with Gasteiger partial charge in [-0.25, -0.2) is 0 Å². The summed E-state index contributed by atoms with van der Waals surface area (Å²) < 4.78 is 9.11. The topological polar surface area (TPSA) is 55.8 Å². The monoisotopic (exact) mass is 136 g/mol. The number of carbonyl (C=O) groups excluding carboxylic acids is 1. The van der Waals surface area contributed by atoms with Gasteiger partial charge in [0.2, 0.25) is 0 Å². The van der Waals surface area contributed by atoms with Gasteiger partial charge in [0.05, 0.1) is 13.2 Å². The van der Waals surface area contributed by atoms with Gasteiger partial charge < -0.3 is 19.4 Å². The van der Waals surface area contributed by atoms with Gasteiger partial charge in [-0.1, -0.05) is 0 Å². The standard InChI is InChI=1S/C4H10O3.CH2O/c1-6-2-3-7-4-5;1-2/h5H,2-4H2,1H3;1H2. The number of ether oxygens (including phenoxy) is 2. The van der Waals surface area contributed by atoms with E-state index in [1.54, 1.807) is 7.11 Å². The number of methoxy groups -OCH3 is 1. The Morgan fingerprint density at radius 2 is 2.00 bits per heavy atom. The molecule has 0 aliphatic rings. The summed E-state index contributed by atoms with van der Waals surface area (Å²) in [7, 11) is 1.58. The molecule has 0 saturated heterocycles. The van der Waals surface area contributed by atoms with Gasteiger partial charge in [-0.15, -0.1) is 0 Å². The van der Waals surface area contributed by atoms with Crippen LogP contribution in [-0.2, 0) is 14.3 Å². The minimum absolute atomic E-state index is 0.219. The lowest BCUT2D eigenvalue weighted by Gasteiger charge is -1.95. The molecule has 0 rings (SSSR count). The average Bonchev–Trinajstić information content (AvgIpc) is 1.94. The lowest BCUT2D eigenvalue weighted by atomic mass is 10.8. The summed E-state index contributed by atoms with van der Waals surface area (Å²) in [5.41, 5.74) is 0. The number of aliphatic hydroxyl groups is 1. The van der Waals surface area contributed by atoms with E-state index in [4.69, 9.17) is 9.90 Å². The van der Waals surface area contributed by atoms with Crippen molar-refractivity contribution in [3.8, 4) is 0 Å². The average molecular weight is 136 g/mol. The fraction of sp³-hybridized carbons (Fsp3) is 0.800. The van der Waals surface area contributed by atoms with Crippen molar-refractivity contribution in [1.29, 1.82) is 0 Å². The molecule has 0 heterocycles. The van der Waals surface area contributed by atoms with Crippen LogP contribution in [-0.4, -0.2) is 39.0 Å². The van der Waals surface area contributed by atoms with Gasteiger partial charge in [0.25, 0.3) is 0 Å². The van der Waals surface area contributed by atoms with Crippen molar-refractivity contribution in [3.05, 3.63) is 0 Å². The van der Waals surface area contributed by atoms with Crippen molar-refractivity contribution in [1.82, 2.24) is 0 Å². The van der Waals surface area contributed by atoms with E-state index in [1.165, 1.54) is 0 Å². The Morgan fingerprint density at radius 1 is 1.44 bits per heavy atom. The second kappa shape index (κ2) is 15.6. The second-order valence-corrected chi connectivity index (χ2v) is 1.03. The van der Waals surface area contributed by atoms with E-state index in [9.17, 15) is 0 Å². The van der Waals surface area contributed by atoms with E-state index >= 15 is 0 Å². The number of hydrogen-bond acceptors (Lipinski definition) is 4. The van der Waals surface area contributed by atoms with E-state index in [0.717, 1.165) is 0 Å². The highest BCUT2D eigenvalue weighted by atomic mass is 16.6. The molecule has 0 aromatic heterocycles. The molecule has 0 aromatic rings. The molecule has 0 unspecified atom stereocenters. The number of aliphatic hydroxyl groups excluding tert-OH is 1. The zero-order chi connectivity index (χ0) is 7.54. The van der Waals surface area contributed by atoms with Crippen LogP contribution in [0.25, 0.3) is 0 Å². The van der Waals surface area contributed by atoms with E-state index in [1.807, 2.05) is 6.79 Å². The summed E-state index contributed by atoms with van der Waals surface area (Å²) in [5.74, 6) is 0. The molecule has 0 atom stereocenters. The third-order valence-electron chi connectivity index (χ3n) is 0.523. The Bertz CT molecular complexity index is 35.9. The highest BCUT2D eigenvalue weighted by molar-refractivity contribution is 5.10. The number of hydrogen-bond donors (Lipinski definition) is 1. The van der Waals surface area contributed by atoms with Crippen LogP contribution in [0.4, 0.5) is 0 Å². The molecule has 0 spiro atoms. The van der Waals surface area contributed by atoms with Crippen LogP contribution in [0.15, 0.2) is 0 Å². The maximum atomic E-state index is 8.02. The molecular weight excluding hydrogens is 124 g/mol. The first kappa shape index (κ1) is 11.4. The molecule has 0 aromatic carbocycles. The molecule has 1 N–H and O–H groups in total. The summed E-state index contributed by atoms with van der Waals surface area (Å²) in [4.78, 5) is 8.00. The molecule has 9 heavy (non-hydrogen) atoms. The van der Waals surface area contributed by atoms with Crippen LogP contribution >= 0.6 is 0 Å². The lowest BCUT2D eigenvalue weighted by molar-refractivity contribution is -0.0979. The molecule has 0 aliphatic heterocycles. The van der Waals surface area contributed by atoms with Gasteiger partial charge in [0.1, 0.15) is 13.6 Å². The summed E-state index contributed by atoms with van der Waals surface area (Å²) >= 11 is 0. The molecule has 0 aliphatic carbocycles. The minimum Gasteiger partial charge on any atom is -0.382 e. The van der Waals surface area contributed by atoms with Crippen molar-refractivity contribution < 1.29 is 19.4 Å². The van der Waals surface area contributed by atoms with Gasteiger partial charge >= 0.3 is 0 Å². The molecule has 4 heteroatoms. The zero-order valence-corrected chi connectivity index (χ0v) is 5.50. The van der Waals surface area contributed by atoms with Crippen molar-refractivity contribution in [2.45, 2.75) is 0 Å². The predicted molar refractivity (Wildman–Crippen MR) is 32.0 cm³/mol. The van der Waals surface area contributed by atoms with Crippen LogP contribution in [0.1, 0.15) is 0 Å². The molecule has 0 fully saturated rings. The molecule has 4 nitrogen and oxygen atoms in total. The van der Waals surface area contributed by atoms with Crippen LogP contribution in [0.3, 0.4) is 0 Å². The zero-order valence-electron chi connectivity index (χ0n) is 5.50. The van der Waals surface area contributed by atoms with E-state index in [2.05, 4.69) is 9.47 Å².